The summed E-state index contributed by atoms with van der Waals surface area (Å²) in [6.45, 7) is 1.32. The summed E-state index contributed by atoms with van der Waals surface area (Å²) < 4.78 is 19.7. The third-order valence-corrected chi connectivity index (χ3v) is 1.41. The molecule has 10 heavy (non-hydrogen) atoms. The van der Waals surface area contributed by atoms with Crippen LogP contribution in [0, 0.1) is 0 Å². The van der Waals surface area contributed by atoms with Gasteiger partial charge in [-0.1, -0.05) is 11.8 Å². The van der Waals surface area contributed by atoms with Crippen molar-refractivity contribution < 1.29 is 12.0 Å². The zero-order valence-corrected chi connectivity index (χ0v) is 6.27. The van der Waals surface area contributed by atoms with Crippen molar-refractivity contribution in [1.82, 2.24) is 0 Å². The lowest BCUT2D eigenvalue weighted by atomic mass is 10.5. The van der Waals surface area contributed by atoms with Gasteiger partial charge in [-0.25, -0.2) is 0 Å². The molecule has 0 radical (unpaired) electrons. The average molecular weight is 158 g/mol. The van der Waals surface area contributed by atoms with Crippen LogP contribution in [0.2, 0.25) is 0 Å². The first-order chi connectivity index (χ1) is 5.52. The molecule has 0 spiro atoms. The van der Waals surface area contributed by atoms with Crippen molar-refractivity contribution in [3.05, 3.63) is 24.2 Å². The molecule has 0 amide bonds. The number of carbonyl (C=O) groups excluding carboxylic acids is 1. The second-order valence-electron chi connectivity index (χ2n) is 1.67. The van der Waals surface area contributed by atoms with Crippen LogP contribution in [-0.4, -0.2) is 5.12 Å². The second-order valence-corrected chi connectivity index (χ2v) is 2.66. The molecule has 0 aliphatic carbocycles. The summed E-state index contributed by atoms with van der Waals surface area (Å²) in [4.78, 5) is 10.6. The summed E-state index contributed by atoms with van der Waals surface area (Å²) in [5, 5.41) is -0.267. The maximum absolute atomic E-state index is 10.6. The van der Waals surface area contributed by atoms with Crippen molar-refractivity contribution in [3.8, 4) is 0 Å². The number of rotatable bonds is 2. The Labute approximate surface area is 66.4 Å². The summed E-state index contributed by atoms with van der Waals surface area (Å²) in [5.74, 6) is 0.169. The maximum atomic E-state index is 10.6. The molecular weight excluding hydrogens is 148 g/mol. The minimum absolute atomic E-state index is 0.169. The molecule has 1 aromatic heterocycles. The van der Waals surface area contributed by atoms with Crippen LogP contribution >= 0.6 is 11.8 Å². The summed E-state index contributed by atoms with van der Waals surface area (Å²) in [6.07, 6.45) is 1.38. The van der Waals surface area contributed by atoms with Gasteiger partial charge in [0.25, 0.3) is 0 Å². The zero-order chi connectivity index (χ0) is 9.19. The smallest absolute Gasteiger partial charge is 0.186 e. The van der Waals surface area contributed by atoms with Crippen LogP contribution in [-0.2, 0) is 10.5 Å². The molecule has 0 atom stereocenters. The normalized spacial score (nSPS) is 14.1. The summed E-state index contributed by atoms with van der Waals surface area (Å²) >= 11 is 0.615. The van der Waals surface area contributed by atoms with Gasteiger partial charge < -0.3 is 4.42 Å². The molecule has 54 valence electrons. The van der Waals surface area contributed by atoms with E-state index in [1.807, 2.05) is 0 Å². The lowest BCUT2D eigenvalue weighted by molar-refractivity contribution is -0.109. The van der Waals surface area contributed by atoms with Crippen LogP contribution in [0.1, 0.15) is 15.4 Å². The predicted octanol–water partition coefficient (Wildman–Crippen LogP) is 2.06. The van der Waals surface area contributed by atoms with Gasteiger partial charge in [0.05, 0.1) is 12.0 Å². The summed E-state index contributed by atoms with van der Waals surface area (Å²) in [7, 11) is 0. The average Bonchev–Trinajstić information content (AvgIpc) is 2.32. The Morgan fingerprint density at radius 1 is 2.00 bits per heavy atom. The molecule has 0 N–H and O–H groups in total. The molecule has 0 aliphatic heterocycles. The molecule has 1 rings (SSSR count). The summed E-state index contributed by atoms with van der Waals surface area (Å²) in [5.41, 5.74) is -1.75. The Balaban J connectivity index is 2.79. The first kappa shape index (κ1) is 5.02. The van der Waals surface area contributed by atoms with E-state index >= 15 is 0 Å². The van der Waals surface area contributed by atoms with E-state index in [0.29, 0.717) is 11.8 Å². The van der Waals surface area contributed by atoms with Gasteiger partial charge in [0.2, 0.25) is 0 Å². The third kappa shape index (κ3) is 2.27. The van der Waals surface area contributed by atoms with E-state index in [9.17, 15) is 4.79 Å². The number of hydrogen-bond acceptors (Lipinski definition) is 3. The van der Waals surface area contributed by atoms with E-state index < -0.39 is 5.70 Å². The second kappa shape index (κ2) is 3.46. The first-order valence-electron chi connectivity index (χ1n) is 3.76. The molecular formula is C7H8O2S. The third-order valence-electron chi connectivity index (χ3n) is 0.817. The standard InChI is InChI=1S/C7H8O2S/c1-6(8)10-5-7-3-2-4-9-7/h2-4H,5H2,1H3/i5D2. The monoisotopic (exact) mass is 158 g/mol. The highest BCUT2D eigenvalue weighted by molar-refractivity contribution is 8.12. The van der Waals surface area contributed by atoms with Crippen LogP contribution in [0.15, 0.2) is 22.8 Å². The molecule has 0 aromatic carbocycles. The fraction of sp³-hybridized carbons (Fsp3) is 0.286. The van der Waals surface area contributed by atoms with Crippen LogP contribution in [0.25, 0.3) is 0 Å². The van der Waals surface area contributed by atoms with Crippen molar-refractivity contribution in [1.29, 1.82) is 0 Å². The molecule has 0 bridgehead atoms. The molecule has 0 unspecified atom stereocenters. The fourth-order valence-electron chi connectivity index (χ4n) is 0.459. The van der Waals surface area contributed by atoms with Gasteiger partial charge in [-0.05, 0) is 12.1 Å². The zero-order valence-electron chi connectivity index (χ0n) is 7.46. The van der Waals surface area contributed by atoms with E-state index in [-0.39, 0.29) is 10.9 Å². The van der Waals surface area contributed by atoms with Gasteiger partial charge in [0.15, 0.2) is 5.12 Å². The highest BCUT2D eigenvalue weighted by Gasteiger charge is 1.97. The fourth-order valence-corrected chi connectivity index (χ4v) is 0.819. The van der Waals surface area contributed by atoms with Crippen LogP contribution in [0.3, 0.4) is 0 Å². The highest BCUT2D eigenvalue weighted by atomic mass is 32.2. The van der Waals surface area contributed by atoms with E-state index in [1.165, 1.54) is 19.3 Å². The Morgan fingerprint density at radius 3 is 3.30 bits per heavy atom. The quantitative estimate of drug-likeness (QED) is 0.660. The molecule has 0 saturated heterocycles. The van der Waals surface area contributed by atoms with Gasteiger partial charge in [0, 0.05) is 9.67 Å². The molecule has 1 heterocycles. The largest absolute Gasteiger partial charge is 0.468 e. The maximum Gasteiger partial charge on any atom is 0.186 e. The lowest BCUT2D eigenvalue weighted by Gasteiger charge is -1.90. The minimum Gasteiger partial charge on any atom is -0.468 e. The molecule has 0 fully saturated rings. The Morgan fingerprint density at radius 2 is 2.80 bits per heavy atom. The van der Waals surface area contributed by atoms with E-state index in [1.54, 1.807) is 6.07 Å². The molecule has 1 aromatic rings. The molecule has 3 heteroatoms. The SMILES string of the molecule is [2H]C([2H])(SC(C)=O)c1ccco1. The Kier molecular flexibility index (Phi) is 1.74. The van der Waals surface area contributed by atoms with Crippen molar-refractivity contribution in [3.63, 3.8) is 0 Å². The lowest BCUT2D eigenvalue weighted by Crippen LogP contribution is -1.81. The van der Waals surface area contributed by atoms with Crippen LogP contribution < -0.4 is 0 Å². The highest BCUT2D eigenvalue weighted by Crippen LogP contribution is 2.12. The number of hydrogen-bond donors (Lipinski definition) is 0. The first-order valence-corrected chi connectivity index (χ1v) is 3.57. The van der Waals surface area contributed by atoms with E-state index in [2.05, 4.69) is 0 Å². The Hall–Kier alpha value is -0.700. The van der Waals surface area contributed by atoms with E-state index in [0.717, 1.165) is 0 Å². The molecule has 0 saturated carbocycles. The number of thioether (sulfide) groups is 1. The van der Waals surface area contributed by atoms with Crippen molar-refractivity contribution in [2.24, 2.45) is 0 Å². The Bertz CT molecular complexity index is 269. The van der Waals surface area contributed by atoms with Crippen LogP contribution in [0.5, 0.6) is 0 Å². The van der Waals surface area contributed by atoms with Gasteiger partial charge >= 0.3 is 0 Å². The van der Waals surface area contributed by atoms with Crippen molar-refractivity contribution >= 4 is 16.9 Å². The van der Waals surface area contributed by atoms with Crippen molar-refractivity contribution in [2.45, 2.75) is 12.6 Å². The summed E-state index contributed by atoms with van der Waals surface area (Å²) in [6, 6.07) is 3.10. The van der Waals surface area contributed by atoms with Gasteiger partial charge in [-0.2, -0.15) is 0 Å². The van der Waals surface area contributed by atoms with Crippen molar-refractivity contribution in [2.75, 3.05) is 0 Å². The van der Waals surface area contributed by atoms with Crippen LogP contribution in [0.4, 0.5) is 0 Å². The van der Waals surface area contributed by atoms with E-state index in [4.69, 9.17) is 7.16 Å². The van der Waals surface area contributed by atoms with Gasteiger partial charge in [0.1, 0.15) is 5.76 Å². The number of furan rings is 1. The molecule has 2 nitrogen and oxygen atoms in total. The topological polar surface area (TPSA) is 30.2 Å². The minimum atomic E-state index is -1.75. The number of carbonyl (C=O) groups is 1. The predicted molar refractivity (Wildman–Crippen MR) is 40.7 cm³/mol. The molecule has 0 aliphatic rings. The van der Waals surface area contributed by atoms with Gasteiger partial charge in [-0.3, -0.25) is 4.79 Å². The van der Waals surface area contributed by atoms with Gasteiger partial charge in [-0.15, -0.1) is 0 Å².